The van der Waals surface area contributed by atoms with E-state index in [0.717, 1.165) is 49.9 Å². The second-order valence-corrected chi connectivity index (χ2v) is 7.27. The van der Waals surface area contributed by atoms with Crippen LogP contribution in [0.2, 0.25) is 0 Å². The number of hydrogen-bond acceptors (Lipinski definition) is 5. The maximum absolute atomic E-state index is 11.1. The number of aromatic nitrogens is 3. The van der Waals surface area contributed by atoms with E-state index in [1.807, 2.05) is 25.2 Å². The first-order valence-corrected chi connectivity index (χ1v) is 9.18. The minimum Gasteiger partial charge on any atom is -0.492 e. The molecule has 7 nitrogen and oxygen atoms in total. The normalized spacial score (nSPS) is 22.7. The summed E-state index contributed by atoms with van der Waals surface area (Å²) in [7, 11) is 2.04. The van der Waals surface area contributed by atoms with Gasteiger partial charge in [-0.2, -0.15) is 0 Å². The van der Waals surface area contributed by atoms with Gasteiger partial charge in [-0.05, 0) is 18.9 Å². The number of hydrogen-bond donors (Lipinski definition) is 1. The van der Waals surface area contributed by atoms with Crippen LogP contribution in [-0.2, 0) is 24.9 Å². The van der Waals surface area contributed by atoms with E-state index >= 15 is 0 Å². The van der Waals surface area contributed by atoms with Crippen molar-refractivity contribution in [3.8, 4) is 5.75 Å². The van der Waals surface area contributed by atoms with E-state index in [1.54, 1.807) is 6.92 Å². The van der Waals surface area contributed by atoms with E-state index in [9.17, 15) is 4.79 Å². The van der Waals surface area contributed by atoms with Crippen molar-refractivity contribution in [1.29, 1.82) is 0 Å². The van der Waals surface area contributed by atoms with Crippen molar-refractivity contribution in [1.82, 2.24) is 25.0 Å². The van der Waals surface area contributed by atoms with Crippen LogP contribution in [0.1, 0.15) is 42.9 Å². The van der Waals surface area contributed by atoms with Gasteiger partial charge in [0.2, 0.25) is 5.91 Å². The number of para-hydroxylation sites is 1. The molecule has 1 aromatic carbocycles. The number of fused-ring (bicyclic) bond motifs is 1. The third kappa shape index (κ3) is 3.44. The van der Waals surface area contributed by atoms with Crippen LogP contribution in [0.25, 0.3) is 0 Å². The van der Waals surface area contributed by atoms with Crippen molar-refractivity contribution < 1.29 is 9.53 Å². The van der Waals surface area contributed by atoms with Crippen LogP contribution in [0.4, 0.5) is 0 Å². The smallest absolute Gasteiger partial charge is 0.217 e. The van der Waals surface area contributed by atoms with Crippen LogP contribution in [0.5, 0.6) is 5.75 Å². The molecule has 1 amide bonds. The molecule has 138 valence electrons. The molecule has 1 saturated carbocycles. The Labute approximate surface area is 153 Å². The molecular formula is C19H25N5O2. The third-order valence-corrected chi connectivity index (χ3v) is 5.31. The van der Waals surface area contributed by atoms with Gasteiger partial charge in [-0.15, -0.1) is 10.2 Å². The fourth-order valence-corrected chi connectivity index (χ4v) is 3.82. The van der Waals surface area contributed by atoms with E-state index in [4.69, 9.17) is 4.74 Å². The first kappa shape index (κ1) is 17.0. The Balaban J connectivity index is 1.40. The molecular weight excluding hydrogens is 330 g/mol. The van der Waals surface area contributed by atoms with Gasteiger partial charge in [0, 0.05) is 44.6 Å². The maximum atomic E-state index is 11.1. The minimum absolute atomic E-state index is 0.0377. The molecule has 26 heavy (non-hydrogen) atoms. The fourth-order valence-electron chi connectivity index (χ4n) is 3.82. The van der Waals surface area contributed by atoms with Crippen LogP contribution in [0, 0.1) is 0 Å². The zero-order valence-electron chi connectivity index (χ0n) is 15.3. The number of ether oxygens (including phenoxy) is 1. The van der Waals surface area contributed by atoms with Crippen molar-refractivity contribution >= 4 is 5.91 Å². The highest BCUT2D eigenvalue weighted by atomic mass is 16.5. The zero-order chi connectivity index (χ0) is 18.1. The molecule has 2 aromatic rings. The predicted molar refractivity (Wildman–Crippen MR) is 96.6 cm³/mol. The van der Waals surface area contributed by atoms with Crippen molar-refractivity contribution in [2.45, 2.75) is 44.8 Å². The number of amides is 1. The average molecular weight is 355 g/mol. The molecule has 2 heterocycles. The van der Waals surface area contributed by atoms with Crippen molar-refractivity contribution in [3.05, 3.63) is 41.5 Å². The van der Waals surface area contributed by atoms with Crippen molar-refractivity contribution in [2.75, 3.05) is 13.2 Å². The summed E-state index contributed by atoms with van der Waals surface area (Å²) in [5, 5.41) is 11.8. The van der Waals surface area contributed by atoms with Gasteiger partial charge < -0.3 is 14.6 Å². The topological polar surface area (TPSA) is 72.3 Å². The summed E-state index contributed by atoms with van der Waals surface area (Å²) < 4.78 is 7.96. The number of nitrogens with zero attached hydrogens (tertiary/aromatic N) is 4. The Hall–Kier alpha value is -2.41. The summed E-state index contributed by atoms with van der Waals surface area (Å²) in [6, 6.07) is 8.48. The lowest BCUT2D eigenvalue weighted by Crippen LogP contribution is -2.43. The average Bonchev–Trinajstić information content (AvgIpc) is 2.80. The summed E-state index contributed by atoms with van der Waals surface area (Å²) in [5.41, 5.74) is 1.21. The molecule has 1 aliphatic heterocycles. The lowest BCUT2D eigenvalue weighted by molar-refractivity contribution is -0.120. The Morgan fingerprint density at radius 2 is 2.12 bits per heavy atom. The monoisotopic (exact) mass is 355 g/mol. The van der Waals surface area contributed by atoms with E-state index < -0.39 is 0 Å². The second-order valence-electron chi connectivity index (χ2n) is 7.27. The fraction of sp³-hybridized carbons (Fsp3) is 0.526. The molecule has 1 fully saturated rings. The summed E-state index contributed by atoms with van der Waals surface area (Å²) in [6.45, 7) is 4.72. The Bertz CT molecular complexity index is 797. The standard InChI is InChI=1S/C19H25N5O2/c1-13(25)20-16-9-15(10-16)19-22-21-18(23(19)2)12-24-7-8-26-17-6-4-3-5-14(17)11-24/h3-6,15-16H,7-12H2,1-2H3,(H,20,25). The molecule has 0 atom stereocenters. The van der Waals surface area contributed by atoms with Crippen LogP contribution >= 0.6 is 0 Å². The van der Waals surface area contributed by atoms with Gasteiger partial charge in [-0.1, -0.05) is 18.2 Å². The highest BCUT2D eigenvalue weighted by Crippen LogP contribution is 2.36. The van der Waals surface area contributed by atoms with Gasteiger partial charge in [0.25, 0.3) is 0 Å². The summed E-state index contributed by atoms with van der Waals surface area (Å²) in [6.07, 6.45) is 1.88. The van der Waals surface area contributed by atoms with Gasteiger partial charge in [0.15, 0.2) is 0 Å². The second kappa shape index (κ2) is 7.07. The Kier molecular flexibility index (Phi) is 4.63. The predicted octanol–water partition coefficient (Wildman–Crippen LogP) is 1.59. The van der Waals surface area contributed by atoms with Gasteiger partial charge in [-0.25, -0.2) is 0 Å². The molecule has 1 aliphatic carbocycles. The van der Waals surface area contributed by atoms with Crippen LogP contribution in [-0.4, -0.2) is 44.8 Å². The number of benzene rings is 1. The minimum atomic E-state index is 0.0377. The molecule has 0 bridgehead atoms. The van der Waals surface area contributed by atoms with E-state index in [2.05, 4.69) is 31.0 Å². The van der Waals surface area contributed by atoms with Crippen LogP contribution in [0.15, 0.2) is 24.3 Å². The molecule has 7 heteroatoms. The van der Waals surface area contributed by atoms with Crippen LogP contribution < -0.4 is 10.1 Å². The molecule has 2 aliphatic rings. The van der Waals surface area contributed by atoms with Gasteiger partial charge >= 0.3 is 0 Å². The molecule has 0 radical (unpaired) electrons. The lowest BCUT2D eigenvalue weighted by Gasteiger charge is -2.34. The number of carbonyl (C=O) groups excluding carboxylic acids is 1. The molecule has 1 aromatic heterocycles. The first-order chi connectivity index (χ1) is 12.6. The van der Waals surface area contributed by atoms with Crippen molar-refractivity contribution in [2.24, 2.45) is 7.05 Å². The Morgan fingerprint density at radius 3 is 2.92 bits per heavy atom. The molecule has 4 rings (SSSR count). The largest absolute Gasteiger partial charge is 0.492 e. The zero-order valence-corrected chi connectivity index (χ0v) is 15.3. The highest BCUT2D eigenvalue weighted by molar-refractivity contribution is 5.73. The highest BCUT2D eigenvalue weighted by Gasteiger charge is 2.34. The molecule has 0 unspecified atom stereocenters. The summed E-state index contributed by atoms with van der Waals surface area (Å²) in [4.78, 5) is 13.5. The number of nitrogens with one attached hydrogen (secondary N) is 1. The number of rotatable bonds is 4. The molecule has 0 saturated heterocycles. The lowest BCUT2D eigenvalue weighted by atomic mass is 9.79. The van der Waals surface area contributed by atoms with E-state index in [-0.39, 0.29) is 11.9 Å². The first-order valence-electron chi connectivity index (χ1n) is 9.18. The number of carbonyl (C=O) groups is 1. The van der Waals surface area contributed by atoms with Gasteiger partial charge in [-0.3, -0.25) is 9.69 Å². The van der Waals surface area contributed by atoms with E-state index in [1.165, 1.54) is 5.56 Å². The summed E-state index contributed by atoms with van der Waals surface area (Å²) >= 11 is 0. The summed E-state index contributed by atoms with van der Waals surface area (Å²) in [5.74, 6) is 3.39. The van der Waals surface area contributed by atoms with Crippen LogP contribution in [0.3, 0.4) is 0 Å². The van der Waals surface area contributed by atoms with Crippen molar-refractivity contribution in [3.63, 3.8) is 0 Å². The van der Waals surface area contributed by atoms with Gasteiger partial charge in [0.05, 0.1) is 6.54 Å². The van der Waals surface area contributed by atoms with Gasteiger partial charge in [0.1, 0.15) is 24.0 Å². The molecule has 1 N–H and O–H groups in total. The maximum Gasteiger partial charge on any atom is 0.217 e. The third-order valence-electron chi connectivity index (χ3n) is 5.31. The Morgan fingerprint density at radius 1 is 1.31 bits per heavy atom. The van der Waals surface area contributed by atoms with E-state index in [0.29, 0.717) is 12.5 Å². The molecule has 0 spiro atoms. The SMILES string of the molecule is CC(=O)NC1CC(c2nnc(CN3CCOc4ccccc4C3)n2C)C1. The quantitative estimate of drug-likeness (QED) is 0.902.